The Morgan fingerprint density at radius 1 is 1.20 bits per heavy atom. The molecular weight excluding hydrogens is 314 g/mol. The van der Waals surface area contributed by atoms with E-state index < -0.39 is 0 Å². The van der Waals surface area contributed by atoms with E-state index >= 15 is 0 Å². The van der Waals surface area contributed by atoms with Crippen LogP contribution in [0.15, 0.2) is 42.9 Å². The second kappa shape index (κ2) is 5.58. The molecule has 1 saturated carbocycles. The number of nitrogens with zero attached hydrogens (tertiary/aromatic N) is 3. The molecule has 3 aromatic rings. The average Bonchev–Trinajstić information content (AvgIpc) is 3.20. The van der Waals surface area contributed by atoms with Crippen LogP contribution in [0.5, 0.6) is 0 Å². The summed E-state index contributed by atoms with van der Waals surface area (Å²) in [4.78, 5) is 24.7. The summed E-state index contributed by atoms with van der Waals surface area (Å²) in [7, 11) is 0. The normalized spacial score (nSPS) is 19.0. The van der Waals surface area contributed by atoms with Crippen LogP contribution >= 0.6 is 0 Å². The van der Waals surface area contributed by atoms with Gasteiger partial charge in [0.25, 0.3) is 5.91 Å². The van der Waals surface area contributed by atoms with E-state index in [0.717, 1.165) is 43.0 Å². The molecule has 1 amide bonds. The second-order valence-corrected chi connectivity index (χ2v) is 6.81. The summed E-state index contributed by atoms with van der Waals surface area (Å²) in [5, 5.41) is 3.13. The Bertz CT molecular complexity index is 937. The highest BCUT2D eigenvalue weighted by Gasteiger charge is 2.29. The molecule has 2 aliphatic rings. The maximum Gasteiger partial charge on any atom is 0.269 e. The van der Waals surface area contributed by atoms with Crippen molar-refractivity contribution in [2.75, 3.05) is 0 Å². The van der Waals surface area contributed by atoms with Gasteiger partial charge in [0.05, 0.1) is 12.2 Å². The third kappa shape index (κ3) is 2.54. The van der Waals surface area contributed by atoms with Crippen LogP contribution in [0.1, 0.15) is 58.9 Å². The Labute approximate surface area is 145 Å². The summed E-state index contributed by atoms with van der Waals surface area (Å²) in [5.74, 6) is 2.19. The van der Waals surface area contributed by atoms with E-state index in [9.17, 15) is 4.79 Å². The first kappa shape index (κ1) is 14.5. The van der Waals surface area contributed by atoms with Crippen molar-refractivity contribution in [2.24, 2.45) is 0 Å². The third-order valence-corrected chi connectivity index (χ3v) is 5.04. The molecule has 1 aliphatic heterocycles. The fourth-order valence-corrected chi connectivity index (χ4v) is 3.55. The van der Waals surface area contributed by atoms with E-state index in [1.165, 1.54) is 5.56 Å². The summed E-state index contributed by atoms with van der Waals surface area (Å²) in [5.41, 5.74) is 2.95. The topological polar surface area (TPSA) is 75.6 Å². The smallest absolute Gasteiger partial charge is 0.269 e. The molecule has 0 saturated heterocycles. The maximum absolute atomic E-state index is 12.7. The first-order valence-electron chi connectivity index (χ1n) is 8.77. The number of hydrogen-bond donors (Lipinski definition) is 2. The largest absolute Gasteiger partial charge is 0.341 e. The van der Waals surface area contributed by atoms with Crippen LogP contribution in [-0.2, 0) is 6.42 Å². The SMILES string of the molecule is O=C(NC1CCc2ccccc2-n2ccnc21)c1cnc(C2CC2)[nH]1. The number of imidazole rings is 2. The first-order chi connectivity index (χ1) is 12.3. The number of carbonyl (C=O) groups excluding carboxylic acids is 1. The third-order valence-electron chi connectivity index (χ3n) is 5.04. The zero-order chi connectivity index (χ0) is 16.8. The fraction of sp³-hybridized carbons (Fsp3) is 0.316. The highest BCUT2D eigenvalue weighted by molar-refractivity contribution is 5.92. The van der Waals surface area contributed by atoms with Crippen molar-refractivity contribution in [3.63, 3.8) is 0 Å². The summed E-state index contributed by atoms with van der Waals surface area (Å²) in [6.45, 7) is 0. The summed E-state index contributed by atoms with van der Waals surface area (Å²) >= 11 is 0. The van der Waals surface area contributed by atoms with Crippen LogP contribution in [-0.4, -0.2) is 25.4 Å². The zero-order valence-corrected chi connectivity index (χ0v) is 13.8. The molecular formula is C19H19N5O. The number of carbonyl (C=O) groups is 1. The van der Waals surface area contributed by atoms with Crippen LogP contribution < -0.4 is 5.32 Å². The zero-order valence-electron chi connectivity index (χ0n) is 13.8. The number of amides is 1. The van der Waals surface area contributed by atoms with Crippen LogP contribution in [0.25, 0.3) is 5.69 Å². The minimum absolute atomic E-state index is 0.120. The monoisotopic (exact) mass is 333 g/mol. The number of aromatic amines is 1. The molecule has 3 heterocycles. The molecule has 1 aliphatic carbocycles. The molecule has 126 valence electrons. The minimum atomic E-state index is -0.123. The Balaban J connectivity index is 1.42. The highest BCUT2D eigenvalue weighted by atomic mass is 16.2. The number of aromatic nitrogens is 4. The van der Waals surface area contributed by atoms with Crippen LogP contribution in [0.2, 0.25) is 0 Å². The molecule has 0 bridgehead atoms. The Hall–Kier alpha value is -2.89. The van der Waals surface area contributed by atoms with Gasteiger partial charge < -0.3 is 14.9 Å². The van der Waals surface area contributed by atoms with Gasteiger partial charge in [-0.15, -0.1) is 0 Å². The fourth-order valence-electron chi connectivity index (χ4n) is 3.55. The predicted octanol–water partition coefficient (Wildman–Crippen LogP) is 2.89. The van der Waals surface area contributed by atoms with Gasteiger partial charge in [-0.1, -0.05) is 18.2 Å². The Morgan fingerprint density at radius 2 is 2.08 bits per heavy atom. The van der Waals surface area contributed by atoms with Crippen molar-refractivity contribution < 1.29 is 4.79 Å². The summed E-state index contributed by atoms with van der Waals surface area (Å²) in [6, 6.07) is 8.20. The number of para-hydroxylation sites is 1. The van der Waals surface area contributed by atoms with E-state index in [-0.39, 0.29) is 11.9 Å². The van der Waals surface area contributed by atoms with E-state index in [4.69, 9.17) is 0 Å². The molecule has 0 radical (unpaired) electrons. The summed E-state index contributed by atoms with van der Waals surface area (Å²) in [6.07, 6.45) is 9.43. The van der Waals surface area contributed by atoms with Gasteiger partial charge in [-0.05, 0) is 37.3 Å². The number of benzene rings is 1. The first-order valence-corrected chi connectivity index (χ1v) is 8.77. The van der Waals surface area contributed by atoms with E-state index in [1.54, 1.807) is 12.4 Å². The lowest BCUT2D eigenvalue weighted by molar-refractivity contribution is 0.0928. The number of nitrogens with one attached hydrogen (secondary N) is 2. The number of hydrogen-bond acceptors (Lipinski definition) is 3. The van der Waals surface area contributed by atoms with Crippen molar-refractivity contribution >= 4 is 5.91 Å². The van der Waals surface area contributed by atoms with Gasteiger partial charge in [0.2, 0.25) is 0 Å². The molecule has 0 spiro atoms. The van der Waals surface area contributed by atoms with Gasteiger partial charge in [-0.3, -0.25) is 4.79 Å². The molecule has 1 unspecified atom stereocenters. The number of aryl methyl sites for hydroxylation is 1. The number of H-pyrrole nitrogens is 1. The molecule has 1 atom stereocenters. The van der Waals surface area contributed by atoms with Gasteiger partial charge in [-0.2, -0.15) is 0 Å². The predicted molar refractivity (Wildman–Crippen MR) is 92.7 cm³/mol. The molecule has 25 heavy (non-hydrogen) atoms. The molecule has 2 N–H and O–H groups in total. The van der Waals surface area contributed by atoms with Gasteiger partial charge in [0, 0.05) is 24.0 Å². The van der Waals surface area contributed by atoms with Crippen molar-refractivity contribution in [1.29, 1.82) is 0 Å². The van der Waals surface area contributed by atoms with Crippen LogP contribution in [0, 0.1) is 0 Å². The Kier molecular flexibility index (Phi) is 3.23. The van der Waals surface area contributed by atoms with E-state index in [2.05, 4.69) is 43.0 Å². The van der Waals surface area contributed by atoms with Crippen molar-refractivity contribution in [1.82, 2.24) is 24.8 Å². The van der Waals surface area contributed by atoms with Gasteiger partial charge >= 0.3 is 0 Å². The molecule has 1 fully saturated rings. The lowest BCUT2D eigenvalue weighted by Crippen LogP contribution is -2.30. The maximum atomic E-state index is 12.7. The number of rotatable bonds is 3. The van der Waals surface area contributed by atoms with Crippen molar-refractivity contribution in [2.45, 2.75) is 37.6 Å². The molecule has 1 aromatic carbocycles. The standard InChI is InChI=1S/C19H19N5O/c25-19(15-11-21-17(22-15)13-5-6-13)23-14-8-7-12-3-1-2-4-16(12)24-10-9-20-18(14)24/h1-4,9-11,13-14H,5-8H2,(H,21,22)(H,23,25). The Morgan fingerprint density at radius 3 is 2.96 bits per heavy atom. The number of fused-ring (bicyclic) bond motifs is 3. The van der Waals surface area contributed by atoms with Crippen LogP contribution in [0.3, 0.4) is 0 Å². The van der Waals surface area contributed by atoms with Crippen LogP contribution in [0.4, 0.5) is 0 Å². The second-order valence-electron chi connectivity index (χ2n) is 6.81. The quantitative estimate of drug-likeness (QED) is 0.774. The average molecular weight is 333 g/mol. The van der Waals surface area contributed by atoms with Crippen molar-refractivity contribution in [3.05, 3.63) is 65.8 Å². The molecule has 2 aromatic heterocycles. The molecule has 6 heteroatoms. The minimum Gasteiger partial charge on any atom is -0.341 e. The highest BCUT2D eigenvalue weighted by Crippen LogP contribution is 2.38. The van der Waals surface area contributed by atoms with E-state index in [1.807, 2.05) is 12.3 Å². The van der Waals surface area contributed by atoms with Gasteiger partial charge in [0.15, 0.2) is 0 Å². The lowest BCUT2D eigenvalue weighted by Gasteiger charge is -2.16. The lowest BCUT2D eigenvalue weighted by atomic mass is 10.1. The van der Waals surface area contributed by atoms with E-state index in [0.29, 0.717) is 11.6 Å². The molecule has 5 rings (SSSR count). The van der Waals surface area contributed by atoms with Gasteiger partial charge in [-0.25, -0.2) is 9.97 Å². The molecule has 6 nitrogen and oxygen atoms in total. The van der Waals surface area contributed by atoms with Crippen molar-refractivity contribution in [3.8, 4) is 5.69 Å². The summed E-state index contributed by atoms with van der Waals surface area (Å²) < 4.78 is 2.08. The van der Waals surface area contributed by atoms with Gasteiger partial charge in [0.1, 0.15) is 17.3 Å².